The number of anilines is 2. The van der Waals surface area contributed by atoms with Crippen LogP contribution >= 0.6 is 0 Å². The average molecular weight is 466 g/mol. The number of alkyl halides is 5. The molecule has 1 saturated carbocycles. The highest BCUT2D eigenvalue weighted by Gasteiger charge is 2.34. The Bertz CT molecular complexity index is 993. The summed E-state index contributed by atoms with van der Waals surface area (Å²) in [6, 6.07) is 11.2. The molecule has 0 radical (unpaired) electrons. The van der Waals surface area contributed by atoms with E-state index in [4.69, 9.17) is 5.26 Å². The zero-order chi connectivity index (χ0) is 24.0. The second-order valence-electron chi connectivity index (χ2n) is 7.89. The molecule has 2 aromatic carbocycles. The molecule has 176 valence electrons. The molecule has 1 aliphatic carbocycles. The van der Waals surface area contributed by atoms with Crippen LogP contribution in [0.4, 0.5) is 33.3 Å². The van der Waals surface area contributed by atoms with Crippen molar-refractivity contribution in [3.8, 4) is 6.07 Å². The molecule has 0 bridgehead atoms. The van der Waals surface area contributed by atoms with Gasteiger partial charge in [0.15, 0.2) is 0 Å². The zero-order valence-corrected chi connectivity index (χ0v) is 17.6. The van der Waals surface area contributed by atoms with Crippen LogP contribution in [-0.4, -0.2) is 31.0 Å². The van der Waals surface area contributed by atoms with Crippen LogP contribution in [0.1, 0.15) is 47.2 Å². The van der Waals surface area contributed by atoms with Crippen LogP contribution < -0.4 is 16.0 Å². The highest BCUT2D eigenvalue weighted by Crippen LogP contribution is 2.34. The molecule has 3 rings (SSSR count). The first-order valence-electron chi connectivity index (χ1n) is 10.5. The van der Waals surface area contributed by atoms with E-state index in [1.54, 1.807) is 30.3 Å². The van der Waals surface area contributed by atoms with Crippen molar-refractivity contribution in [1.29, 1.82) is 5.26 Å². The van der Waals surface area contributed by atoms with Crippen LogP contribution in [0.15, 0.2) is 42.5 Å². The molecular weight excluding hydrogens is 443 g/mol. The van der Waals surface area contributed by atoms with E-state index >= 15 is 0 Å². The minimum atomic E-state index is -4.61. The highest BCUT2D eigenvalue weighted by atomic mass is 19.4. The fraction of sp³-hybridized carbons (Fsp3) is 0.391. The van der Waals surface area contributed by atoms with E-state index in [2.05, 4.69) is 16.0 Å². The van der Waals surface area contributed by atoms with Gasteiger partial charge in [-0.1, -0.05) is 0 Å². The molecule has 1 fully saturated rings. The number of nitriles is 1. The van der Waals surface area contributed by atoms with Crippen LogP contribution in [0.5, 0.6) is 0 Å². The van der Waals surface area contributed by atoms with E-state index in [0.717, 1.165) is 12.1 Å². The van der Waals surface area contributed by atoms with Crippen LogP contribution in [0, 0.1) is 11.3 Å². The van der Waals surface area contributed by atoms with Gasteiger partial charge in [0.25, 0.3) is 12.3 Å². The van der Waals surface area contributed by atoms with Crippen molar-refractivity contribution in [1.82, 2.24) is 5.32 Å². The van der Waals surface area contributed by atoms with Gasteiger partial charge in [0.05, 0.1) is 23.7 Å². The first-order chi connectivity index (χ1) is 15.7. The molecule has 0 atom stereocenters. The summed E-state index contributed by atoms with van der Waals surface area (Å²) in [6.45, 7) is -0.469. The molecule has 0 spiro atoms. The average Bonchev–Trinajstić information content (AvgIpc) is 2.78. The van der Waals surface area contributed by atoms with Gasteiger partial charge in [-0.3, -0.25) is 4.79 Å². The van der Waals surface area contributed by atoms with E-state index in [1.807, 2.05) is 0 Å². The largest absolute Gasteiger partial charge is 0.417 e. The van der Waals surface area contributed by atoms with Crippen molar-refractivity contribution < 1.29 is 26.7 Å². The van der Waals surface area contributed by atoms with Crippen molar-refractivity contribution in [2.45, 2.75) is 50.4 Å². The van der Waals surface area contributed by atoms with Gasteiger partial charge in [-0.25, -0.2) is 8.78 Å². The van der Waals surface area contributed by atoms with Crippen molar-refractivity contribution in [3.63, 3.8) is 0 Å². The molecule has 33 heavy (non-hydrogen) atoms. The first-order valence-corrected chi connectivity index (χ1v) is 10.5. The Kier molecular flexibility index (Phi) is 7.74. The predicted octanol–water partition coefficient (Wildman–Crippen LogP) is 5.41. The maximum Gasteiger partial charge on any atom is 0.417 e. The molecule has 3 N–H and O–H groups in total. The molecule has 0 aromatic heterocycles. The second-order valence-corrected chi connectivity index (χ2v) is 7.89. The Morgan fingerprint density at radius 1 is 1.00 bits per heavy atom. The smallest absolute Gasteiger partial charge is 0.382 e. The van der Waals surface area contributed by atoms with E-state index in [-0.39, 0.29) is 18.0 Å². The lowest BCUT2D eigenvalue weighted by Crippen LogP contribution is -2.40. The van der Waals surface area contributed by atoms with Crippen molar-refractivity contribution in [3.05, 3.63) is 59.2 Å². The van der Waals surface area contributed by atoms with E-state index in [9.17, 15) is 26.7 Å². The number of hydrogen-bond donors (Lipinski definition) is 3. The van der Waals surface area contributed by atoms with Gasteiger partial charge in [-0.15, -0.1) is 0 Å². The number of amides is 1. The third kappa shape index (κ3) is 6.81. The fourth-order valence-corrected chi connectivity index (χ4v) is 3.79. The van der Waals surface area contributed by atoms with Crippen LogP contribution in [0.3, 0.4) is 0 Å². The van der Waals surface area contributed by atoms with E-state index in [0.29, 0.717) is 42.6 Å². The Hall–Kier alpha value is -3.35. The summed E-state index contributed by atoms with van der Waals surface area (Å²) in [6.07, 6.45) is -4.46. The van der Waals surface area contributed by atoms with Crippen molar-refractivity contribution >= 4 is 17.3 Å². The summed E-state index contributed by atoms with van der Waals surface area (Å²) in [5.74, 6) is -0.270. The molecule has 1 amide bonds. The van der Waals surface area contributed by atoms with E-state index in [1.165, 1.54) is 6.07 Å². The van der Waals surface area contributed by atoms with Crippen LogP contribution in [0.25, 0.3) is 0 Å². The molecule has 5 nitrogen and oxygen atoms in total. The summed E-state index contributed by atoms with van der Waals surface area (Å²) in [4.78, 5) is 12.5. The second kappa shape index (κ2) is 10.5. The standard InChI is InChI=1S/C23H23F5N4O/c24-21(25)13-30-16-4-1-14(2-5-16)22(33)32-18-9-7-17(8-10-18)31-19-6-3-15(12-29)20(11-19)23(26,27)28/h1-6,11,17-18,21,30-31H,7-10,13H2,(H,32,33)/t17-,18+. The molecule has 0 unspecified atom stereocenters. The van der Waals surface area contributed by atoms with Gasteiger partial charge >= 0.3 is 6.18 Å². The van der Waals surface area contributed by atoms with Gasteiger partial charge in [0, 0.05) is 29.0 Å². The van der Waals surface area contributed by atoms with Crippen LogP contribution in [-0.2, 0) is 6.18 Å². The lowest BCUT2D eigenvalue weighted by atomic mass is 9.90. The lowest BCUT2D eigenvalue weighted by molar-refractivity contribution is -0.137. The summed E-state index contributed by atoms with van der Waals surface area (Å²) in [5.41, 5.74) is -0.178. The lowest BCUT2D eigenvalue weighted by Gasteiger charge is -2.30. The molecular formula is C23H23F5N4O. The molecule has 1 aliphatic rings. The summed E-state index contributed by atoms with van der Waals surface area (Å²) >= 11 is 0. The monoisotopic (exact) mass is 466 g/mol. The number of carbonyl (C=O) groups is 1. The summed E-state index contributed by atoms with van der Waals surface area (Å²) in [5, 5.41) is 17.5. The minimum absolute atomic E-state index is 0.0487. The number of benzene rings is 2. The quantitative estimate of drug-likeness (QED) is 0.477. The third-order valence-electron chi connectivity index (χ3n) is 5.49. The number of hydrogen-bond acceptors (Lipinski definition) is 4. The SMILES string of the molecule is N#Cc1ccc(N[C@H]2CC[C@@H](NC(=O)c3ccc(NCC(F)F)cc3)CC2)cc1C(F)(F)F. The number of halogens is 5. The Morgan fingerprint density at radius 3 is 2.18 bits per heavy atom. The number of nitrogens with zero attached hydrogens (tertiary/aromatic N) is 1. The maximum atomic E-state index is 13.1. The van der Waals surface area contributed by atoms with Gasteiger partial charge in [0.1, 0.15) is 0 Å². The zero-order valence-electron chi connectivity index (χ0n) is 17.6. The Balaban J connectivity index is 1.50. The van der Waals surface area contributed by atoms with Crippen molar-refractivity contribution in [2.75, 3.05) is 17.2 Å². The molecule has 0 saturated heterocycles. The van der Waals surface area contributed by atoms with Crippen molar-refractivity contribution in [2.24, 2.45) is 0 Å². The van der Waals surface area contributed by atoms with E-state index < -0.39 is 30.3 Å². The molecule has 2 aromatic rings. The number of carbonyl (C=O) groups excluding carboxylic acids is 1. The van der Waals surface area contributed by atoms with Gasteiger partial charge < -0.3 is 16.0 Å². The number of rotatable bonds is 7. The van der Waals surface area contributed by atoms with Gasteiger partial charge in [-0.05, 0) is 68.1 Å². The fourth-order valence-electron chi connectivity index (χ4n) is 3.79. The minimum Gasteiger partial charge on any atom is -0.382 e. The molecule has 0 aliphatic heterocycles. The Morgan fingerprint density at radius 2 is 1.61 bits per heavy atom. The number of nitrogens with one attached hydrogen (secondary N) is 3. The topological polar surface area (TPSA) is 77.0 Å². The predicted molar refractivity (Wildman–Crippen MR) is 114 cm³/mol. The summed E-state index contributed by atoms with van der Waals surface area (Å²) in [7, 11) is 0. The summed E-state index contributed by atoms with van der Waals surface area (Å²) < 4.78 is 63.9. The third-order valence-corrected chi connectivity index (χ3v) is 5.49. The first kappa shape index (κ1) is 24.3. The maximum absolute atomic E-state index is 13.1. The molecule has 0 heterocycles. The Labute approximate surface area is 188 Å². The van der Waals surface area contributed by atoms with Gasteiger partial charge in [-0.2, -0.15) is 18.4 Å². The van der Waals surface area contributed by atoms with Crippen LogP contribution in [0.2, 0.25) is 0 Å². The molecule has 10 heteroatoms. The normalized spacial score (nSPS) is 18.5. The highest BCUT2D eigenvalue weighted by molar-refractivity contribution is 5.94. The van der Waals surface area contributed by atoms with Gasteiger partial charge in [0.2, 0.25) is 0 Å².